The molecule has 0 bridgehead atoms. The smallest absolute Gasteiger partial charge is 0.193 e. The fourth-order valence-electron chi connectivity index (χ4n) is 3.15. The van der Waals surface area contributed by atoms with Gasteiger partial charge in [-0.15, -0.1) is 0 Å². The Labute approximate surface area is 136 Å². The van der Waals surface area contributed by atoms with E-state index in [1.165, 1.54) is 0 Å². The van der Waals surface area contributed by atoms with E-state index in [-0.39, 0.29) is 5.43 Å². The van der Waals surface area contributed by atoms with E-state index in [1.807, 2.05) is 36.4 Å². The Hall–Kier alpha value is -2.55. The molecule has 1 aromatic heterocycles. The van der Waals surface area contributed by atoms with Gasteiger partial charge in [-0.3, -0.25) is 4.79 Å². The average Bonchev–Trinajstić information content (AvgIpc) is 2.58. The summed E-state index contributed by atoms with van der Waals surface area (Å²) in [5.41, 5.74) is 11.6. The van der Waals surface area contributed by atoms with Crippen LogP contribution < -0.4 is 11.2 Å². The molecule has 0 aliphatic heterocycles. The third-order valence-electron chi connectivity index (χ3n) is 4.26. The lowest BCUT2D eigenvalue weighted by Gasteiger charge is -2.14. The van der Waals surface area contributed by atoms with Gasteiger partial charge in [-0.1, -0.05) is 50.6 Å². The number of benzene rings is 2. The van der Waals surface area contributed by atoms with Gasteiger partial charge < -0.3 is 10.7 Å². The molecule has 118 valence electrons. The molecule has 0 amide bonds. The highest BCUT2D eigenvalue weighted by Crippen LogP contribution is 2.26. The molecule has 3 heteroatoms. The van der Waals surface area contributed by atoms with E-state index in [0.717, 1.165) is 47.2 Å². The van der Waals surface area contributed by atoms with Crippen molar-refractivity contribution in [3.63, 3.8) is 0 Å². The molecule has 0 radical (unpaired) electrons. The number of aromatic nitrogens is 1. The lowest BCUT2D eigenvalue weighted by molar-refractivity contribution is 0.912. The summed E-state index contributed by atoms with van der Waals surface area (Å²) < 4.78 is 0. The minimum Gasteiger partial charge on any atom is -0.399 e. The predicted molar refractivity (Wildman–Crippen MR) is 97.8 cm³/mol. The number of fused-ring (bicyclic) bond motifs is 1. The summed E-state index contributed by atoms with van der Waals surface area (Å²) in [6, 6.07) is 13.8. The van der Waals surface area contributed by atoms with E-state index in [4.69, 9.17) is 5.73 Å². The molecule has 3 nitrogen and oxygen atoms in total. The Morgan fingerprint density at radius 1 is 1.09 bits per heavy atom. The number of nitrogens with two attached hydrogens (primary N) is 1. The van der Waals surface area contributed by atoms with Gasteiger partial charge in [-0.25, -0.2) is 0 Å². The molecule has 1 heterocycles. The van der Waals surface area contributed by atoms with Gasteiger partial charge in [0.05, 0.1) is 11.2 Å². The van der Waals surface area contributed by atoms with E-state index in [2.05, 4.69) is 18.8 Å². The van der Waals surface area contributed by atoms with Crippen LogP contribution in [0.25, 0.3) is 22.2 Å². The first-order valence-electron chi connectivity index (χ1n) is 8.18. The lowest BCUT2D eigenvalue weighted by atomic mass is 9.97. The van der Waals surface area contributed by atoms with Crippen LogP contribution in [0.2, 0.25) is 0 Å². The second-order valence-corrected chi connectivity index (χ2v) is 5.88. The van der Waals surface area contributed by atoms with Crippen LogP contribution in [-0.4, -0.2) is 4.98 Å². The summed E-state index contributed by atoms with van der Waals surface area (Å²) >= 11 is 0. The highest BCUT2D eigenvalue weighted by molar-refractivity contribution is 5.88. The van der Waals surface area contributed by atoms with E-state index < -0.39 is 0 Å². The maximum atomic E-state index is 13.1. The van der Waals surface area contributed by atoms with Gasteiger partial charge in [-0.2, -0.15) is 0 Å². The molecule has 23 heavy (non-hydrogen) atoms. The average molecular weight is 306 g/mol. The summed E-state index contributed by atoms with van der Waals surface area (Å²) in [5.74, 6) is 0. The zero-order valence-electron chi connectivity index (χ0n) is 13.6. The first-order chi connectivity index (χ1) is 11.2. The molecular formula is C20H22N2O. The SMILES string of the molecule is CCCc1c(-c2ccccc2)[nH]c2c(CC)cc(N)cc2c1=O. The van der Waals surface area contributed by atoms with Crippen LogP contribution in [0.15, 0.2) is 47.3 Å². The van der Waals surface area contributed by atoms with Gasteiger partial charge in [0.25, 0.3) is 0 Å². The maximum Gasteiger partial charge on any atom is 0.193 e. The van der Waals surface area contributed by atoms with Gasteiger partial charge in [0.15, 0.2) is 5.43 Å². The van der Waals surface area contributed by atoms with Crippen LogP contribution in [0.5, 0.6) is 0 Å². The number of hydrogen-bond acceptors (Lipinski definition) is 2. The molecule has 0 aliphatic rings. The monoisotopic (exact) mass is 306 g/mol. The van der Waals surface area contributed by atoms with Crippen molar-refractivity contribution in [1.29, 1.82) is 0 Å². The molecule has 2 aromatic carbocycles. The molecule has 0 saturated carbocycles. The molecule has 3 N–H and O–H groups in total. The van der Waals surface area contributed by atoms with Gasteiger partial charge in [-0.05, 0) is 36.1 Å². The quantitative estimate of drug-likeness (QED) is 0.706. The Balaban J connectivity index is 2.41. The fourth-order valence-corrected chi connectivity index (χ4v) is 3.15. The summed E-state index contributed by atoms with van der Waals surface area (Å²) in [6.07, 6.45) is 2.52. The minimum absolute atomic E-state index is 0.0986. The van der Waals surface area contributed by atoms with Crippen LogP contribution >= 0.6 is 0 Å². The van der Waals surface area contributed by atoms with Gasteiger partial charge in [0, 0.05) is 16.6 Å². The van der Waals surface area contributed by atoms with Crippen molar-refractivity contribution in [2.24, 2.45) is 0 Å². The topological polar surface area (TPSA) is 58.9 Å². The first kappa shape index (κ1) is 15.3. The second kappa shape index (κ2) is 6.29. The van der Waals surface area contributed by atoms with Crippen LogP contribution in [-0.2, 0) is 12.8 Å². The minimum atomic E-state index is 0.0986. The van der Waals surface area contributed by atoms with E-state index in [9.17, 15) is 4.79 Å². The predicted octanol–water partition coefficient (Wildman–Crippen LogP) is 4.29. The van der Waals surface area contributed by atoms with Crippen molar-refractivity contribution in [2.45, 2.75) is 33.1 Å². The zero-order chi connectivity index (χ0) is 16.4. The Bertz CT molecular complexity index is 895. The third-order valence-corrected chi connectivity index (χ3v) is 4.26. The van der Waals surface area contributed by atoms with Crippen molar-refractivity contribution in [2.75, 3.05) is 5.73 Å². The molecule has 3 rings (SSSR count). The normalized spacial score (nSPS) is 11.0. The van der Waals surface area contributed by atoms with Crippen LogP contribution in [0.3, 0.4) is 0 Å². The summed E-state index contributed by atoms with van der Waals surface area (Å²) in [4.78, 5) is 16.6. The molecule has 0 saturated heterocycles. The first-order valence-corrected chi connectivity index (χ1v) is 8.18. The molecule has 0 spiro atoms. The van der Waals surface area contributed by atoms with Crippen molar-refractivity contribution < 1.29 is 0 Å². The van der Waals surface area contributed by atoms with Crippen LogP contribution in [0, 0.1) is 0 Å². The van der Waals surface area contributed by atoms with Crippen molar-refractivity contribution in [1.82, 2.24) is 4.98 Å². The number of aromatic amines is 1. The van der Waals surface area contributed by atoms with E-state index >= 15 is 0 Å². The van der Waals surface area contributed by atoms with Crippen molar-refractivity contribution >= 4 is 16.6 Å². The highest BCUT2D eigenvalue weighted by Gasteiger charge is 2.15. The molecule has 0 atom stereocenters. The summed E-state index contributed by atoms with van der Waals surface area (Å²) in [5, 5.41) is 0.699. The molecule has 0 unspecified atom stereocenters. The van der Waals surface area contributed by atoms with Gasteiger partial charge in [0.1, 0.15) is 0 Å². The fraction of sp³-hybridized carbons (Fsp3) is 0.250. The van der Waals surface area contributed by atoms with E-state index in [0.29, 0.717) is 11.1 Å². The standard InChI is InChI=1S/C20H22N2O/c1-3-8-16-19(14-9-6-5-7-10-14)22-18-13(4-2)11-15(21)12-17(18)20(16)23/h5-7,9-12H,3-4,8,21H2,1-2H3,(H,22,23). The highest BCUT2D eigenvalue weighted by atomic mass is 16.1. The molecule has 3 aromatic rings. The number of aryl methyl sites for hydroxylation is 1. The van der Waals surface area contributed by atoms with Gasteiger partial charge in [0.2, 0.25) is 0 Å². The number of H-pyrrole nitrogens is 1. The van der Waals surface area contributed by atoms with Crippen molar-refractivity contribution in [3.05, 3.63) is 63.8 Å². The van der Waals surface area contributed by atoms with Crippen LogP contribution in [0.1, 0.15) is 31.4 Å². The number of nitrogens with one attached hydrogen (secondary N) is 1. The number of pyridine rings is 1. The maximum absolute atomic E-state index is 13.1. The number of hydrogen-bond donors (Lipinski definition) is 2. The second-order valence-electron chi connectivity index (χ2n) is 5.88. The molecule has 0 fully saturated rings. The van der Waals surface area contributed by atoms with E-state index in [1.54, 1.807) is 6.07 Å². The Morgan fingerprint density at radius 3 is 2.48 bits per heavy atom. The van der Waals surface area contributed by atoms with Crippen LogP contribution in [0.4, 0.5) is 5.69 Å². The number of rotatable bonds is 4. The Kier molecular flexibility index (Phi) is 4.20. The number of nitrogen functional groups attached to an aromatic ring is 1. The summed E-state index contributed by atoms with van der Waals surface area (Å²) in [7, 11) is 0. The third kappa shape index (κ3) is 2.74. The van der Waals surface area contributed by atoms with Gasteiger partial charge >= 0.3 is 0 Å². The largest absolute Gasteiger partial charge is 0.399 e. The zero-order valence-corrected chi connectivity index (χ0v) is 13.6. The number of anilines is 1. The Morgan fingerprint density at radius 2 is 1.83 bits per heavy atom. The lowest BCUT2D eigenvalue weighted by Crippen LogP contribution is -2.14. The molecular weight excluding hydrogens is 284 g/mol. The summed E-state index contributed by atoms with van der Waals surface area (Å²) in [6.45, 7) is 4.17. The van der Waals surface area contributed by atoms with Crippen molar-refractivity contribution in [3.8, 4) is 11.3 Å². The molecule has 0 aliphatic carbocycles.